The van der Waals surface area contributed by atoms with Crippen molar-refractivity contribution in [1.29, 1.82) is 0 Å². The topological polar surface area (TPSA) is 40.1 Å². The van der Waals surface area contributed by atoms with Crippen molar-refractivity contribution in [2.45, 2.75) is 96.8 Å². The second kappa shape index (κ2) is 19.0. The van der Waals surface area contributed by atoms with E-state index in [0.29, 0.717) is 0 Å². The van der Waals surface area contributed by atoms with Gasteiger partial charge in [-0.2, -0.15) is 0 Å². The predicted molar refractivity (Wildman–Crippen MR) is 81.1 cm³/mol. The van der Waals surface area contributed by atoms with Crippen LogP contribution in [-0.2, 0) is 4.79 Å². The first kappa shape index (κ1) is 22.2. The Kier molecular flexibility index (Phi) is 22.2. The Bertz CT molecular complexity index is 184. The maximum atomic E-state index is 10.2. The Hall–Kier alpha value is 0.951. The molecule has 0 bridgehead atoms. The van der Waals surface area contributed by atoms with Gasteiger partial charge in [0.25, 0.3) is 0 Å². The number of rotatable bonds is 14. The summed E-state index contributed by atoms with van der Waals surface area (Å²) in [7, 11) is 0. The van der Waals surface area contributed by atoms with Crippen molar-refractivity contribution in [3.8, 4) is 0 Å². The summed E-state index contributed by atoms with van der Waals surface area (Å²) in [5, 5.41) is 10.2. The molecule has 0 spiro atoms. The Labute approximate surface area is 157 Å². The minimum Gasteiger partial charge on any atom is -0.550 e. The molecule has 108 valence electrons. The normalized spacial score (nSPS) is 10.2. The molecule has 0 rings (SSSR count). The summed E-state index contributed by atoms with van der Waals surface area (Å²) >= 11 is 0. The van der Waals surface area contributed by atoms with Crippen LogP contribution in [0.15, 0.2) is 0 Å². The maximum absolute atomic E-state index is 10.2. The van der Waals surface area contributed by atoms with Crippen molar-refractivity contribution < 1.29 is 9.90 Å². The molecule has 0 aliphatic carbocycles. The second-order valence-corrected chi connectivity index (χ2v) is 5.36. The van der Waals surface area contributed by atoms with Crippen molar-refractivity contribution >= 4 is 51.5 Å². The Morgan fingerprint density at radius 1 is 0.684 bits per heavy atom. The molecular formula is C16H31O2Sr+. The molecule has 0 aliphatic heterocycles. The molecule has 0 atom stereocenters. The quantitative estimate of drug-likeness (QED) is 0.355. The van der Waals surface area contributed by atoms with Gasteiger partial charge in [-0.1, -0.05) is 84.0 Å². The van der Waals surface area contributed by atoms with E-state index in [9.17, 15) is 9.90 Å². The molecule has 0 fully saturated rings. The molecule has 2 nitrogen and oxygen atoms in total. The van der Waals surface area contributed by atoms with E-state index in [0.717, 1.165) is 12.8 Å². The van der Waals surface area contributed by atoms with Crippen molar-refractivity contribution in [2.24, 2.45) is 0 Å². The number of carbonyl (C=O) groups excluding carboxylic acids is 1. The monoisotopic (exact) mass is 343 g/mol. The first-order valence-corrected chi connectivity index (χ1v) is 7.97. The molecule has 0 aromatic rings. The van der Waals surface area contributed by atoms with Gasteiger partial charge in [0.15, 0.2) is 0 Å². The van der Waals surface area contributed by atoms with Crippen LogP contribution in [0.3, 0.4) is 0 Å². The zero-order valence-corrected chi connectivity index (χ0v) is 16.4. The number of carbonyl (C=O) groups is 1. The van der Waals surface area contributed by atoms with Crippen LogP contribution in [0.1, 0.15) is 96.8 Å². The first-order chi connectivity index (χ1) is 8.77. The van der Waals surface area contributed by atoms with Crippen molar-refractivity contribution in [2.75, 3.05) is 0 Å². The largest absolute Gasteiger partial charge is 2.00 e. The second-order valence-electron chi connectivity index (χ2n) is 5.36. The minimum absolute atomic E-state index is 0. The van der Waals surface area contributed by atoms with E-state index in [1.54, 1.807) is 0 Å². The summed E-state index contributed by atoms with van der Waals surface area (Å²) in [6.07, 6.45) is 16.9. The molecule has 0 N–H and O–H groups in total. The van der Waals surface area contributed by atoms with Gasteiger partial charge in [0.1, 0.15) is 0 Å². The molecule has 0 aliphatic rings. The summed E-state index contributed by atoms with van der Waals surface area (Å²) in [4.78, 5) is 10.2. The van der Waals surface area contributed by atoms with Gasteiger partial charge in [-0.15, -0.1) is 0 Å². The van der Waals surface area contributed by atoms with Gasteiger partial charge >= 0.3 is 45.5 Å². The molecule has 0 amide bonds. The van der Waals surface area contributed by atoms with Crippen LogP contribution >= 0.6 is 0 Å². The van der Waals surface area contributed by atoms with E-state index in [1.807, 2.05) is 0 Å². The summed E-state index contributed by atoms with van der Waals surface area (Å²) < 4.78 is 0. The molecule has 0 unspecified atom stereocenters. The summed E-state index contributed by atoms with van der Waals surface area (Å²) in [5.74, 6) is -0.905. The first-order valence-electron chi connectivity index (χ1n) is 7.97. The van der Waals surface area contributed by atoms with Crippen molar-refractivity contribution in [1.82, 2.24) is 0 Å². The number of hydrogen-bond acceptors (Lipinski definition) is 2. The maximum Gasteiger partial charge on any atom is 2.00 e. The van der Waals surface area contributed by atoms with E-state index in [-0.39, 0.29) is 51.9 Å². The summed E-state index contributed by atoms with van der Waals surface area (Å²) in [6.45, 7) is 2.26. The van der Waals surface area contributed by atoms with Crippen LogP contribution in [0.2, 0.25) is 0 Å². The average Bonchev–Trinajstić information content (AvgIpc) is 2.34. The van der Waals surface area contributed by atoms with Crippen LogP contribution < -0.4 is 5.11 Å². The van der Waals surface area contributed by atoms with Crippen LogP contribution in [-0.4, -0.2) is 51.5 Å². The third-order valence-electron chi connectivity index (χ3n) is 3.48. The molecule has 19 heavy (non-hydrogen) atoms. The van der Waals surface area contributed by atoms with E-state index >= 15 is 0 Å². The third-order valence-corrected chi connectivity index (χ3v) is 3.48. The number of hydrogen-bond donors (Lipinski definition) is 0. The van der Waals surface area contributed by atoms with Crippen molar-refractivity contribution in [3.05, 3.63) is 0 Å². The van der Waals surface area contributed by atoms with Gasteiger partial charge < -0.3 is 9.90 Å². The molecule has 0 saturated carbocycles. The molecule has 0 aromatic carbocycles. The van der Waals surface area contributed by atoms with Crippen molar-refractivity contribution in [3.63, 3.8) is 0 Å². The minimum atomic E-state index is -0.905. The van der Waals surface area contributed by atoms with Gasteiger partial charge in [-0.05, 0) is 12.8 Å². The van der Waals surface area contributed by atoms with Crippen LogP contribution in [0.25, 0.3) is 0 Å². The molecule has 0 radical (unpaired) electrons. The number of aliphatic carboxylic acids is 1. The molecular weight excluding hydrogens is 312 g/mol. The Balaban J connectivity index is 0. The molecule has 3 heteroatoms. The SMILES string of the molecule is CCCCCCCCCCCCCCCC(=O)[O-].[Sr+2]. The van der Waals surface area contributed by atoms with E-state index in [4.69, 9.17) is 0 Å². The summed E-state index contributed by atoms with van der Waals surface area (Å²) in [6, 6.07) is 0. The van der Waals surface area contributed by atoms with E-state index in [1.165, 1.54) is 70.6 Å². The smallest absolute Gasteiger partial charge is 0.550 e. The fraction of sp³-hybridized carbons (Fsp3) is 0.938. The fourth-order valence-electron chi connectivity index (χ4n) is 2.29. The van der Waals surface area contributed by atoms with E-state index in [2.05, 4.69) is 6.92 Å². The Morgan fingerprint density at radius 2 is 1.00 bits per heavy atom. The average molecular weight is 343 g/mol. The van der Waals surface area contributed by atoms with Gasteiger partial charge in [0.05, 0.1) is 0 Å². The number of carboxylic acid groups (broad SMARTS) is 1. The van der Waals surface area contributed by atoms with Crippen LogP contribution in [0.5, 0.6) is 0 Å². The number of carboxylic acids is 1. The molecule has 0 heterocycles. The molecule has 0 aromatic heterocycles. The Morgan fingerprint density at radius 3 is 1.32 bits per heavy atom. The van der Waals surface area contributed by atoms with Gasteiger partial charge in [0, 0.05) is 5.97 Å². The third kappa shape index (κ3) is 21.4. The van der Waals surface area contributed by atoms with Gasteiger partial charge in [-0.25, -0.2) is 0 Å². The number of unbranched alkanes of at least 4 members (excludes halogenated alkanes) is 12. The summed E-state index contributed by atoms with van der Waals surface area (Å²) in [5.41, 5.74) is 0. The van der Waals surface area contributed by atoms with E-state index < -0.39 is 5.97 Å². The molecule has 0 saturated heterocycles. The standard InChI is InChI=1S/C16H32O2.Sr/c1-2-3-4-5-6-7-8-9-10-11-12-13-14-15-16(17)18;/h2-15H2,1H3,(H,17,18);/q;+2/p-1. The van der Waals surface area contributed by atoms with Crippen LogP contribution in [0, 0.1) is 0 Å². The predicted octanol–water partition coefficient (Wildman–Crippen LogP) is 3.84. The van der Waals surface area contributed by atoms with Gasteiger partial charge in [0.2, 0.25) is 0 Å². The van der Waals surface area contributed by atoms with Crippen LogP contribution in [0.4, 0.5) is 0 Å². The fourth-order valence-corrected chi connectivity index (χ4v) is 2.29. The van der Waals surface area contributed by atoms with Gasteiger partial charge in [-0.3, -0.25) is 0 Å². The zero-order valence-electron chi connectivity index (χ0n) is 12.9. The zero-order chi connectivity index (χ0) is 13.5.